The van der Waals surface area contributed by atoms with E-state index in [1.54, 1.807) is 0 Å². The topological polar surface area (TPSA) is 52.6 Å². The number of hydrogen-bond acceptors (Lipinski definition) is 4. The minimum Gasteiger partial charge on any atom is -0.462 e. The van der Waals surface area contributed by atoms with E-state index in [0.717, 1.165) is 0 Å². The molecule has 0 fully saturated rings. The summed E-state index contributed by atoms with van der Waals surface area (Å²) < 4.78 is 11.1. The Bertz CT molecular complexity index is 572. The fourth-order valence-electron chi connectivity index (χ4n) is 1.60. The van der Waals surface area contributed by atoms with Crippen LogP contribution in [0.5, 0.6) is 0 Å². The Balaban J connectivity index is 3.08. The predicted molar refractivity (Wildman–Crippen MR) is 98.6 cm³/mol. The van der Waals surface area contributed by atoms with E-state index in [0.29, 0.717) is 9.50 Å². The van der Waals surface area contributed by atoms with Gasteiger partial charge in [0.05, 0.1) is 29.4 Å². The van der Waals surface area contributed by atoms with Crippen LogP contribution in [0.15, 0.2) is 16.6 Å². The van der Waals surface area contributed by atoms with Crippen molar-refractivity contribution in [3.63, 3.8) is 0 Å². The van der Waals surface area contributed by atoms with Crippen molar-refractivity contribution in [3.05, 3.63) is 32.8 Å². The van der Waals surface area contributed by atoms with Crippen molar-refractivity contribution in [1.82, 2.24) is 0 Å². The molecule has 0 saturated heterocycles. The Morgan fingerprint density at radius 2 is 1.29 bits per heavy atom. The maximum Gasteiger partial charge on any atom is 0.339 e. The summed E-state index contributed by atoms with van der Waals surface area (Å²) in [6.07, 6.45) is 0. The third-order valence-corrected chi connectivity index (χ3v) is 3.97. The molecule has 0 spiro atoms. The van der Waals surface area contributed by atoms with Crippen LogP contribution in [-0.4, -0.2) is 25.2 Å². The fourth-order valence-corrected chi connectivity index (χ4v) is 2.11. The second-order valence-corrected chi connectivity index (χ2v) is 9.35. The molecule has 0 bridgehead atoms. The normalized spacial score (nSPS) is 12.0. The highest BCUT2D eigenvalue weighted by Crippen LogP contribution is 2.28. The van der Waals surface area contributed by atoms with Gasteiger partial charge in [0.15, 0.2) is 0 Å². The van der Waals surface area contributed by atoms with Crippen LogP contribution in [-0.2, 0) is 9.47 Å². The van der Waals surface area contributed by atoms with Crippen molar-refractivity contribution in [2.45, 2.75) is 41.5 Å². The summed E-state index contributed by atoms with van der Waals surface area (Å²) in [6, 6.07) is 2.91. The molecule has 0 unspecified atom stereocenters. The summed E-state index contributed by atoms with van der Waals surface area (Å²) >= 11 is 9.33. The zero-order valence-corrected chi connectivity index (χ0v) is 17.3. The third kappa shape index (κ3) is 6.81. The summed E-state index contributed by atoms with van der Waals surface area (Å²) in [5.74, 6) is -1.17. The average Bonchev–Trinajstić information content (AvgIpc) is 2.43. The Hall–Kier alpha value is -1.07. The van der Waals surface area contributed by atoms with E-state index in [1.165, 1.54) is 12.1 Å². The summed E-state index contributed by atoms with van der Waals surface area (Å²) in [6.45, 7) is 12.2. The Morgan fingerprint density at radius 1 is 0.917 bits per heavy atom. The number of esters is 2. The van der Waals surface area contributed by atoms with Gasteiger partial charge in [-0.3, -0.25) is 0 Å². The van der Waals surface area contributed by atoms with Gasteiger partial charge in [0.2, 0.25) is 0 Å². The van der Waals surface area contributed by atoms with Gasteiger partial charge in [-0.2, -0.15) is 0 Å². The van der Waals surface area contributed by atoms with Gasteiger partial charge in [0, 0.05) is 4.47 Å². The Labute approximate surface area is 157 Å². The highest BCUT2D eigenvalue weighted by molar-refractivity contribution is 9.10. The quantitative estimate of drug-likeness (QED) is 0.604. The lowest BCUT2D eigenvalue weighted by Crippen LogP contribution is -2.22. The molecule has 0 aliphatic carbocycles. The molecule has 0 amide bonds. The lowest BCUT2D eigenvalue weighted by Gasteiger charge is -2.20. The molecule has 0 N–H and O–H groups in total. The monoisotopic (exact) mass is 418 g/mol. The second kappa shape index (κ2) is 7.87. The lowest BCUT2D eigenvalue weighted by atomic mass is 9.98. The van der Waals surface area contributed by atoms with Gasteiger partial charge in [-0.1, -0.05) is 53.1 Å². The molecule has 4 nitrogen and oxygen atoms in total. The maximum absolute atomic E-state index is 12.4. The number of benzene rings is 1. The fraction of sp³-hybridized carbons (Fsp3) is 0.556. The van der Waals surface area contributed by atoms with Crippen molar-refractivity contribution >= 4 is 39.5 Å². The van der Waals surface area contributed by atoms with Crippen LogP contribution in [0.25, 0.3) is 0 Å². The first-order valence-corrected chi connectivity index (χ1v) is 8.80. The molecule has 134 valence electrons. The SMILES string of the molecule is CC(C)(C)COC(=O)c1cc(Cl)c(Br)cc1C(=O)OCC(C)(C)C. The molecule has 24 heavy (non-hydrogen) atoms. The second-order valence-electron chi connectivity index (χ2n) is 8.09. The summed E-state index contributed by atoms with van der Waals surface area (Å²) in [7, 11) is 0. The van der Waals surface area contributed by atoms with Gasteiger partial charge in [-0.25, -0.2) is 9.59 Å². The van der Waals surface area contributed by atoms with Crippen molar-refractivity contribution in [2.75, 3.05) is 13.2 Å². The standard InChI is InChI=1S/C18H24BrClO4/c1-17(2,3)9-23-15(21)11-7-13(19)14(20)8-12(11)16(22)24-10-18(4,5)6/h7-8H,9-10H2,1-6H3. The molecule has 1 rings (SSSR count). The minimum atomic E-state index is -0.595. The molecule has 0 saturated carbocycles. The summed E-state index contributed by atoms with van der Waals surface area (Å²) in [5.41, 5.74) is -0.116. The van der Waals surface area contributed by atoms with E-state index in [2.05, 4.69) is 15.9 Å². The van der Waals surface area contributed by atoms with Crippen LogP contribution in [0, 0.1) is 10.8 Å². The Morgan fingerprint density at radius 3 is 1.67 bits per heavy atom. The van der Waals surface area contributed by atoms with Gasteiger partial charge in [0.1, 0.15) is 0 Å². The molecule has 0 heterocycles. The molecule has 0 aliphatic rings. The molecule has 1 aromatic carbocycles. The molecular formula is C18H24BrClO4. The third-order valence-electron chi connectivity index (χ3n) is 2.77. The smallest absolute Gasteiger partial charge is 0.339 e. The molecule has 6 heteroatoms. The molecule has 0 atom stereocenters. The number of rotatable bonds is 4. The average molecular weight is 420 g/mol. The van der Waals surface area contributed by atoms with Gasteiger partial charge < -0.3 is 9.47 Å². The van der Waals surface area contributed by atoms with Gasteiger partial charge in [0.25, 0.3) is 0 Å². The highest BCUT2D eigenvalue weighted by Gasteiger charge is 2.24. The largest absolute Gasteiger partial charge is 0.462 e. The van der Waals surface area contributed by atoms with Crippen LogP contribution in [0.2, 0.25) is 5.02 Å². The molecule has 1 aromatic rings. The molecule has 0 radical (unpaired) electrons. The van der Waals surface area contributed by atoms with E-state index in [9.17, 15) is 9.59 Å². The van der Waals surface area contributed by atoms with Crippen molar-refractivity contribution < 1.29 is 19.1 Å². The van der Waals surface area contributed by atoms with Gasteiger partial charge in [-0.15, -0.1) is 0 Å². The van der Waals surface area contributed by atoms with Crippen LogP contribution >= 0.6 is 27.5 Å². The van der Waals surface area contributed by atoms with Gasteiger partial charge in [-0.05, 0) is 38.9 Å². The minimum absolute atomic E-state index is 0.103. The molecule has 0 aromatic heterocycles. The number of ether oxygens (including phenoxy) is 2. The zero-order chi connectivity index (χ0) is 18.7. The first-order chi connectivity index (χ1) is 10.8. The van der Waals surface area contributed by atoms with Crippen LogP contribution < -0.4 is 0 Å². The number of hydrogen-bond donors (Lipinski definition) is 0. The maximum atomic E-state index is 12.4. The first kappa shape index (κ1) is 21.0. The van der Waals surface area contributed by atoms with E-state index >= 15 is 0 Å². The number of carbonyl (C=O) groups excluding carboxylic acids is 2. The molecular weight excluding hydrogens is 396 g/mol. The van der Waals surface area contributed by atoms with Crippen LogP contribution in [0.3, 0.4) is 0 Å². The summed E-state index contributed by atoms with van der Waals surface area (Å²) in [4.78, 5) is 24.8. The van der Waals surface area contributed by atoms with Crippen molar-refractivity contribution in [3.8, 4) is 0 Å². The van der Waals surface area contributed by atoms with Crippen molar-refractivity contribution in [2.24, 2.45) is 10.8 Å². The predicted octanol–water partition coefficient (Wildman–Crippen LogP) is 5.51. The van der Waals surface area contributed by atoms with Crippen LogP contribution in [0.4, 0.5) is 0 Å². The van der Waals surface area contributed by atoms with E-state index in [4.69, 9.17) is 21.1 Å². The first-order valence-electron chi connectivity index (χ1n) is 7.63. The van der Waals surface area contributed by atoms with Gasteiger partial charge >= 0.3 is 11.9 Å². The number of halogens is 2. The van der Waals surface area contributed by atoms with E-state index < -0.39 is 11.9 Å². The summed E-state index contributed by atoms with van der Waals surface area (Å²) in [5, 5.41) is 0.324. The highest BCUT2D eigenvalue weighted by atomic mass is 79.9. The molecule has 0 aliphatic heterocycles. The number of carbonyl (C=O) groups is 2. The van der Waals surface area contributed by atoms with Crippen LogP contribution in [0.1, 0.15) is 62.3 Å². The van der Waals surface area contributed by atoms with E-state index in [-0.39, 0.29) is 35.2 Å². The zero-order valence-electron chi connectivity index (χ0n) is 15.0. The lowest BCUT2D eigenvalue weighted by molar-refractivity contribution is 0.0322. The van der Waals surface area contributed by atoms with Crippen molar-refractivity contribution in [1.29, 1.82) is 0 Å². The van der Waals surface area contributed by atoms with E-state index in [1.807, 2.05) is 41.5 Å². The Kier molecular flexibility index (Phi) is 6.88.